The number of amidine groups is 1. The molecule has 3 heterocycles. The highest BCUT2D eigenvalue weighted by molar-refractivity contribution is 8.15. The van der Waals surface area contributed by atoms with Crippen LogP contribution in [-0.4, -0.2) is 43.3 Å². The number of aliphatic imine (C=N–C) groups is 1. The Labute approximate surface area is 173 Å². The first kappa shape index (κ1) is 20.2. The number of imidazole rings is 1. The molecule has 2 N–H and O–H groups in total. The Kier molecular flexibility index (Phi) is 5.37. The van der Waals surface area contributed by atoms with Gasteiger partial charge in [-0.1, -0.05) is 11.8 Å². The van der Waals surface area contributed by atoms with Gasteiger partial charge in [-0.05, 0) is 31.2 Å². The second kappa shape index (κ2) is 7.98. The second-order valence-electron chi connectivity index (χ2n) is 6.73. The molecular weight excluding hydrogens is 417 g/mol. The highest BCUT2D eigenvalue weighted by Crippen LogP contribution is 2.31. The molecule has 11 heteroatoms. The van der Waals surface area contributed by atoms with Crippen molar-refractivity contribution in [1.29, 1.82) is 0 Å². The quantitative estimate of drug-likeness (QED) is 0.657. The lowest BCUT2D eigenvalue weighted by Crippen LogP contribution is -2.40. The molecular formula is C19H17F3N6OS. The number of aromatic nitrogens is 3. The fourth-order valence-electron chi connectivity index (χ4n) is 2.90. The number of carbonyl (C=O) groups is 1. The molecule has 1 amide bonds. The van der Waals surface area contributed by atoms with Gasteiger partial charge in [-0.15, -0.1) is 0 Å². The third kappa shape index (κ3) is 4.40. The van der Waals surface area contributed by atoms with Crippen molar-refractivity contribution >= 4 is 34.2 Å². The van der Waals surface area contributed by atoms with E-state index in [4.69, 9.17) is 0 Å². The number of rotatable bonds is 4. The van der Waals surface area contributed by atoms with Gasteiger partial charge < -0.3 is 15.0 Å². The third-order valence-corrected chi connectivity index (χ3v) is 5.88. The number of amides is 1. The average molecular weight is 434 g/mol. The van der Waals surface area contributed by atoms with Crippen LogP contribution in [0.1, 0.15) is 23.0 Å². The van der Waals surface area contributed by atoms with Gasteiger partial charge in [0.1, 0.15) is 5.69 Å². The summed E-state index contributed by atoms with van der Waals surface area (Å²) in [6.45, 7) is 2.35. The van der Waals surface area contributed by atoms with Gasteiger partial charge in [-0.2, -0.15) is 13.2 Å². The maximum absolute atomic E-state index is 12.7. The third-order valence-electron chi connectivity index (χ3n) is 4.57. The van der Waals surface area contributed by atoms with Crippen molar-refractivity contribution in [2.24, 2.45) is 4.99 Å². The summed E-state index contributed by atoms with van der Waals surface area (Å²) in [6, 6.07) is 4.57. The first-order valence-electron chi connectivity index (χ1n) is 9.04. The normalized spacial score (nSPS) is 17.6. The summed E-state index contributed by atoms with van der Waals surface area (Å²) in [4.78, 5) is 25.1. The number of hydrogen-bond donors (Lipinski definition) is 2. The number of halogens is 3. The molecule has 7 nitrogen and oxygen atoms in total. The molecule has 0 aliphatic carbocycles. The van der Waals surface area contributed by atoms with Crippen LogP contribution in [0.5, 0.6) is 0 Å². The number of alkyl halides is 3. The number of thioether (sulfide) groups is 1. The van der Waals surface area contributed by atoms with Gasteiger partial charge in [0.2, 0.25) is 0 Å². The summed E-state index contributed by atoms with van der Waals surface area (Å²) in [5.41, 5.74) is 0.743. The van der Waals surface area contributed by atoms with Crippen LogP contribution in [0.4, 0.5) is 18.9 Å². The molecule has 0 saturated heterocycles. The highest BCUT2D eigenvalue weighted by Gasteiger charge is 2.30. The Morgan fingerprint density at radius 3 is 2.77 bits per heavy atom. The van der Waals surface area contributed by atoms with Crippen molar-refractivity contribution in [3.8, 4) is 0 Å². The number of anilines is 1. The number of benzene rings is 1. The van der Waals surface area contributed by atoms with Crippen molar-refractivity contribution in [3.63, 3.8) is 0 Å². The molecule has 2 unspecified atom stereocenters. The lowest BCUT2D eigenvalue weighted by Gasteiger charge is -2.19. The van der Waals surface area contributed by atoms with Gasteiger partial charge in [0.05, 0.1) is 23.6 Å². The molecule has 0 radical (unpaired) electrons. The van der Waals surface area contributed by atoms with E-state index in [2.05, 4.69) is 25.6 Å². The smallest absolute Gasteiger partial charge is 0.347 e. The minimum absolute atomic E-state index is 0.0112. The monoisotopic (exact) mass is 434 g/mol. The van der Waals surface area contributed by atoms with E-state index in [9.17, 15) is 18.0 Å². The fraction of sp³-hybridized carbons (Fsp3) is 0.263. The maximum atomic E-state index is 12.7. The molecule has 1 aliphatic rings. The van der Waals surface area contributed by atoms with Gasteiger partial charge in [-0.3, -0.25) is 9.79 Å². The standard InChI is InChI=1S/C19H17F3N6OS/c1-11(26-17(29)14-10-28-7-6-23-16(28)9-24-14)15-8-25-18(30-15)27-13-4-2-12(3-5-13)19(20,21)22/h2-7,9-11,15H,8H2,1H3,(H,25,27)(H,26,29). The van der Waals surface area contributed by atoms with E-state index >= 15 is 0 Å². The number of nitrogens with one attached hydrogen (secondary N) is 2. The van der Waals surface area contributed by atoms with Crippen LogP contribution in [0.3, 0.4) is 0 Å². The minimum atomic E-state index is -4.37. The predicted octanol–water partition coefficient (Wildman–Crippen LogP) is 3.45. The zero-order valence-electron chi connectivity index (χ0n) is 15.7. The number of hydrogen-bond acceptors (Lipinski definition) is 6. The molecule has 30 heavy (non-hydrogen) atoms. The Hall–Kier alpha value is -3.08. The number of nitrogens with zero attached hydrogens (tertiary/aromatic N) is 4. The first-order valence-corrected chi connectivity index (χ1v) is 9.92. The van der Waals surface area contributed by atoms with Gasteiger partial charge in [0.25, 0.3) is 5.91 Å². The SMILES string of the molecule is CC(NC(=O)c1cn2ccnc2cn1)C1CN=C(Nc2ccc(C(F)(F)F)cc2)S1. The largest absolute Gasteiger partial charge is 0.416 e. The molecule has 4 rings (SSSR count). The van der Waals surface area contributed by atoms with Gasteiger partial charge in [-0.25, -0.2) is 9.97 Å². The summed E-state index contributed by atoms with van der Waals surface area (Å²) in [5.74, 6) is -0.303. The van der Waals surface area contributed by atoms with Crippen LogP contribution in [0.25, 0.3) is 5.65 Å². The molecule has 0 saturated carbocycles. The fourth-order valence-corrected chi connectivity index (χ4v) is 3.94. The van der Waals surface area contributed by atoms with Crippen molar-refractivity contribution in [3.05, 3.63) is 60.3 Å². The molecule has 0 spiro atoms. The topological polar surface area (TPSA) is 83.7 Å². The van der Waals surface area contributed by atoms with E-state index in [0.717, 1.165) is 12.1 Å². The Balaban J connectivity index is 1.32. The van der Waals surface area contributed by atoms with Crippen molar-refractivity contribution < 1.29 is 18.0 Å². The molecule has 0 bridgehead atoms. The van der Waals surface area contributed by atoms with Crippen LogP contribution in [-0.2, 0) is 6.18 Å². The molecule has 0 fully saturated rings. The van der Waals surface area contributed by atoms with Crippen LogP contribution < -0.4 is 10.6 Å². The number of carbonyl (C=O) groups excluding carboxylic acids is 1. The van der Waals surface area contributed by atoms with E-state index in [1.54, 1.807) is 23.0 Å². The van der Waals surface area contributed by atoms with Gasteiger partial charge in [0.15, 0.2) is 10.8 Å². The molecule has 156 valence electrons. The Bertz CT molecular complexity index is 1100. The van der Waals surface area contributed by atoms with E-state index in [0.29, 0.717) is 23.0 Å². The summed E-state index contributed by atoms with van der Waals surface area (Å²) < 4.78 is 39.7. The second-order valence-corrected chi connectivity index (χ2v) is 7.96. The van der Waals surface area contributed by atoms with E-state index in [-0.39, 0.29) is 22.9 Å². The van der Waals surface area contributed by atoms with E-state index in [1.807, 2.05) is 6.92 Å². The first-order chi connectivity index (χ1) is 14.3. The van der Waals surface area contributed by atoms with Gasteiger partial charge in [0, 0.05) is 30.3 Å². The highest BCUT2D eigenvalue weighted by atomic mass is 32.2. The van der Waals surface area contributed by atoms with Crippen molar-refractivity contribution in [1.82, 2.24) is 19.7 Å². The summed E-state index contributed by atoms with van der Waals surface area (Å²) >= 11 is 1.43. The van der Waals surface area contributed by atoms with Crippen LogP contribution in [0.2, 0.25) is 0 Å². The van der Waals surface area contributed by atoms with E-state index < -0.39 is 11.7 Å². The molecule has 2 atom stereocenters. The average Bonchev–Trinajstić information content (AvgIpc) is 3.36. The summed E-state index contributed by atoms with van der Waals surface area (Å²) in [5, 5.41) is 6.52. The van der Waals surface area contributed by atoms with Crippen molar-refractivity contribution in [2.45, 2.75) is 24.4 Å². The molecule has 1 aliphatic heterocycles. The maximum Gasteiger partial charge on any atom is 0.416 e. The Morgan fingerprint density at radius 2 is 2.03 bits per heavy atom. The van der Waals surface area contributed by atoms with E-state index in [1.165, 1.54) is 30.1 Å². The van der Waals surface area contributed by atoms with Crippen molar-refractivity contribution in [2.75, 3.05) is 11.9 Å². The zero-order chi connectivity index (χ0) is 21.3. The number of fused-ring (bicyclic) bond motifs is 1. The molecule has 2 aromatic heterocycles. The van der Waals surface area contributed by atoms with Crippen LogP contribution in [0, 0.1) is 0 Å². The van der Waals surface area contributed by atoms with Crippen LogP contribution in [0.15, 0.2) is 54.0 Å². The lowest BCUT2D eigenvalue weighted by atomic mass is 10.2. The van der Waals surface area contributed by atoms with Crippen LogP contribution >= 0.6 is 11.8 Å². The molecule has 3 aromatic rings. The van der Waals surface area contributed by atoms with Gasteiger partial charge >= 0.3 is 6.18 Å². The zero-order valence-corrected chi connectivity index (χ0v) is 16.5. The Morgan fingerprint density at radius 1 is 1.27 bits per heavy atom. The minimum Gasteiger partial charge on any atom is -0.347 e. The lowest BCUT2D eigenvalue weighted by molar-refractivity contribution is -0.137. The summed E-state index contributed by atoms with van der Waals surface area (Å²) in [7, 11) is 0. The predicted molar refractivity (Wildman–Crippen MR) is 109 cm³/mol. The summed E-state index contributed by atoms with van der Waals surface area (Å²) in [6.07, 6.45) is 2.13. The molecule has 1 aromatic carbocycles.